The van der Waals surface area contributed by atoms with Crippen LogP contribution in [0.15, 0.2) is 48.8 Å². The molecule has 1 aromatic carbocycles. The predicted molar refractivity (Wildman–Crippen MR) is 91.9 cm³/mol. The summed E-state index contributed by atoms with van der Waals surface area (Å²) in [6.07, 6.45) is 5.42. The van der Waals surface area contributed by atoms with E-state index < -0.39 is 0 Å². The summed E-state index contributed by atoms with van der Waals surface area (Å²) in [6.45, 7) is 3.62. The van der Waals surface area contributed by atoms with Crippen molar-refractivity contribution in [2.45, 2.75) is 31.8 Å². The van der Waals surface area contributed by atoms with Gasteiger partial charge in [0.1, 0.15) is 11.9 Å². The minimum absolute atomic E-state index is 0.0898. The lowest BCUT2D eigenvalue weighted by atomic mass is 10.0. The summed E-state index contributed by atoms with van der Waals surface area (Å²) >= 11 is 0. The van der Waals surface area contributed by atoms with Crippen molar-refractivity contribution < 1.29 is 9.53 Å². The average Bonchev–Trinajstić information content (AvgIpc) is 3.26. The quantitative estimate of drug-likeness (QED) is 0.868. The van der Waals surface area contributed by atoms with Gasteiger partial charge >= 0.3 is 0 Å². The van der Waals surface area contributed by atoms with Gasteiger partial charge in [-0.15, -0.1) is 0 Å². The number of ether oxygens (including phenoxy) is 1. The third-order valence-corrected chi connectivity index (χ3v) is 5.10. The van der Waals surface area contributed by atoms with E-state index in [0.717, 1.165) is 25.1 Å². The van der Waals surface area contributed by atoms with Crippen LogP contribution in [0.1, 0.15) is 29.9 Å². The van der Waals surface area contributed by atoms with Crippen LogP contribution in [-0.2, 0) is 4.79 Å². The van der Waals surface area contributed by atoms with Gasteiger partial charge in [-0.05, 0) is 42.5 Å². The Morgan fingerprint density at radius 1 is 1.21 bits per heavy atom. The van der Waals surface area contributed by atoms with E-state index in [0.29, 0.717) is 18.4 Å². The van der Waals surface area contributed by atoms with E-state index in [4.69, 9.17) is 4.74 Å². The van der Waals surface area contributed by atoms with E-state index in [2.05, 4.69) is 36.2 Å². The van der Waals surface area contributed by atoms with Gasteiger partial charge in [-0.2, -0.15) is 0 Å². The molecule has 0 spiro atoms. The van der Waals surface area contributed by atoms with Gasteiger partial charge in [-0.3, -0.25) is 9.78 Å². The lowest BCUT2D eigenvalue weighted by Crippen LogP contribution is -2.32. The highest BCUT2D eigenvalue weighted by atomic mass is 16.5. The smallest absolute Gasteiger partial charge is 0.226 e. The van der Waals surface area contributed by atoms with Crippen molar-refractivity contribution in [1.82, 2.24) is 9.88 Å². The van der Waals surface area contributed by atoms with Crippen LogP contribution < -0.4 is 4.74 Å². The van der Waals surface area contributed by atoms with Crippen LogP contribution in [-0.4, -0.2) is 35.0 Å². The zero-order valence-corrected chi connectivity index (χ0v) is 13.9. The van der Waals surface area contributed by atoms with Gasteiger partial charge in [-0.1, -0.05) is 24.3 Å². The maximum atomic E-state index is 12.8. The zero-order chi connectivity index (χ0) is 16.5. The molecule has 2 aliphatic rings. The standard InChI is InChI=1S/C20H22N2O2/c1-14-4-2-3-5-17(14)18-12-19(18)20(23)22-11-8-16(13-22)24-15-6-9-21-10-7-15/h2-7,9-10,16,18-19H,8,11-13H2,1H3/t16-,18+,19-/m1/s1. The maximum absolute atomic E-state index is 12.8. The number of carbonyl (C=O) groups excluding carboxylic acids is 1. The van der Waals surface area contributed by atoms with Crippen LogP contribution in [0.3, 0.4) is 0 Å². The largest absolute Gasteiger partial charge is 0.488 e. The second kappa shape index (κ2) is 6.27. The number of nitrogens with zero attached hydrogens (tertiary/aromatic N) is 2. The minimum Gasteiger partial charge on any atom is -0.488 e. The average molecular weight is 322 g/mol. The van der Waals surface area contributed by atoms with E-state index in [1.807, 2.05) is 17.0 Å². The third kappa shape index (κ3) is 3.01. The number of carbonyl (C=O) groups is 1. The molecular weight excluding hydrogens is 300 g/mol. The lowest BCUT2D eigenvalue weighted by Gasteiger charge is -2.17. The van der Waals surface area contributed by atoms with Crippen molar-refractivity contribution >= 4 is 5.91 Å². The second-order valence-electron chi connectivity index (χ2n) is 6.80. The van der Waals surface area contributed by atoms with Crippen LogP contribution in [0.25, 0.3) is 0 Å². The summed E-state index contributed by atoms with van der Waals surface area (Å²) in [7, 11) is 0. The summed E-state index contributed by atoms with van der Waals surface area (Å²) in [6, 6.07) is 12.1. The first-order chi connectivity index (χ1) is 11.7. The Morgan fingerprint density at radius 2 is 2.00 bits per heavy atom. The maximum Gasteiger partial charge on any atom is 0.226 e. The molecule has 0 N–H and O–H groups in total. The summed E-state index contributed by atoms with van der Waals surface area (Å²) in [5.41, 5.74) is 2.62. The van der Waals surface area contributed by atoms with Gasteiger partial charge in [0.25, 0.3) is 0 Å². The number of pyridine rings is 1. The van der Waals surface area contributed by atoms with Gasteiger partial charge in [0.15, 0.2) is 0 Å². The Kier molecular flexibility index (Phi) is 3.97. The first-order valence-electron chi connectivity index (χ1n) is 8.63. The molecule has 1 aromatic heterocycles. The SMILES string of the molecule is Cc1ccccc1[C@@H]1C[C@H]1C(=O)N1CC[C@@H](Oc2ccncc2)C1. The van der Waals surface area contributed by atoms with Gasteiger partial charge < -0.3 is 9.64 Å². The first kappa shape index (κ1) is 15.2. The molecule has 4 nitrogen and oxygen atoms in total. The molecule has 24 heavy (non-hydrogen) atoms. The predicted octanol–water partition coefficient (Wildman–Crippen LogP) is 3.17. The van der Waals surface area contributed by atoms with Crippen molar-refractivity contribution in [3.05, 3.63) is 59.9 Å². The lowest BCUT2D eigenvalue weighted by molar-refractivity contribution is -0.131. The molecule has 4 rings (SSSR count). The molecule has 0 radical (unpaired) electrons. The normalized spacial score (nSPS) is 25.5. The zero-order valence-electron chi connectivity index (χ0n) is 13.9. The summed E-state index contributed by atoms with van der Waals surface area (Å²) < 4.78 is 5.95. The number of benzene rings is 1. The number of aryl methyl sites for hydroxylation is 1. The van der Waals surface area contributed by atoms with Crippen LogP contribution in [0.2, 0.25) is 0 Å². The van der Waals surface area contributed by atoms with Crippen molar-refractivity contribution in [1.29, 1.82) is 0 Å². The van der Waals surface area contributed by atoms with Gasteiger partial charge in [0.05, 0.1) is 6.54 Å². The fraction of sp³-hybridized carbons (Fsp3) is 0.400. The molecule has 2 heterocycles. The Morgan fingerprint density at radius 3 is 2.79 bits per heavy atom. The van der Waals surface area contributed by atoms with E-state index >= 15 is 0 Å². The monoisotopic (exact) mass is 322 g/mol. The Hall–Kier alpha value is -2.36. The minimum atomic E-state index is 0.0898. The molecule has 1 aliphatic carbocycles. The van der Waals surface area contributed by atoms with Crippen molar-refractivity contribution in [2.24, 2.45) is 5.92 Å². The molecular formula is C20H22N2O2. The van der Waals surface area contributed by atoms with Crippen LogP contribution in [0, 0.1) is 12.8 Å². The van der Waals surface area contributed by atoms with E-state index in [-0.39, 0.29) is 12.0 Å². The fourth-order valence-corrected chi connectivity index (χ4v) is 3.68. The summed E-state index contributed by atoms with van der Waals surface area (Å²) in [5.74, 6) is 1.68. The van der Waals surface area contributed by atoms with Gasteiger partial charge in [-0.25, -0.2) is 0 Å². The Balaban J connectivity index is 1.35. The topological polar surface area (TPSA) is 42.4 Å². The Labute approximate surface area is 142 Å². The second-order valence-corrected chi connectivity index (χ2v) is 6.80. The van der Waals surface area contributed by atoms with Crippen LogP contribution in [0.4, 0.5) is 0 Å². The van der Waals surface area contributed by atoms with Crippen LogP contribution >= 0.6 is 0 Å². The number of hydrogen-bond donors (Lipinski definition) is 0. The molecule has 124 valence electrons. The molecule has 3 atom stereocenters. The highest BCUT2D eigenvalue weighted by Crippen LogP contribution is 2.49. The number of hydrogen-bond acceptors (Lipinski definition) is 3. The van der Waals surface area contributed by atoms with Crippen molar-refractivity contribution in [3.63, 3.8) is 0 Å². The Bertz CT molecular complexity index is 731. The van der Waals surface area contributed by atoms with E-state index in [1.54, 1.807) is 12.4 Å². The molecule has 2 fully saturated rings. The molecule has 0 unspecified atom stereocenters. The first-order valence-corrected chi connectivity index (χ1v) is 8.63. The molecule has 1 saturated carbocycles. The van der Waals surface area contributed by atoms with Gasteiger partial charge in [0.2, 0.25) is 5.91 Å². The molecule has 1 amide bonds. The fourth-order valence-electron chi connectivity index (χ4n) is 3.68. The molecule has 1 saturated heterocycles. The van der Waals surface area contributed by atoms with Gasteiger partial charge in [0, 0.05) is 31.3 Å². The summed E-state index contributed by atoms with van der Waals surface area (Å²) in [5, 5.41) is 0. The highest BCUT2D eigenvalue weighted by molar-refractivity contribution is 5.83. The summed E-state index contributed by atoms with van der Waals surface area (Å²) in [4.78, 5) is 18.7. The number of amides is 1. The van der Waals surface area contributed by atoms with E-state index in [1.165, 1.54) is 11.1 Å². The molecule has 4 heteroatoms. The van der Waals surface area contributed by atoms with Crippen molar-refractivity contribution in [2.75, 3.05) is 13.1 Å². The number of rotatable bonds is 4. The number of likely N-dealkylation sites (tertiary alicyclic amines) is 1. The van der Waals surface area contributed by atoms with E-state index in [9.17, 15) is 4.79 Å². The third-order valence-electron chi connectivity index (χ3n) is 5.10. The molecule has 0 bridgehead atoms. The highest BCUT2D eigenvalue weighted by Gasteiger charge is 2.47. The molecule has 1 aliphatic heterocycles. The number of aromatic nitrogens is 1. The van der Waals surface area contributed by atoms with Crippen LogP contribution in [0.5, 0.6) is 5.75 Å². The molecule has 2 aromatic rings. The van der Waals surface area contributed by atoms with Crippen molar-refractivity contribution in [3.8, 4) is 5.75 Å².